The maximum atomic E-state index is 10.9. The van der Waals surface area contributed by atoms with Gasteiger partial charge in [-0.1, -0.05) is 0 Å². The Kier molecular flexibility index (Phi) is 2.49. The third kappa shape index (κ3) is 1.71. The molecular weight excluding hydrogens is 142 g/mol. The van der Waals surface area contributed by atoms with Gasteiger partial charge in [-0.3, -0.25) is 4.79 Å². The molecular formula is C8H15NO2. The Morgan fingerprint density at radius 2 is 2.00 bits per heavy atom. The number of hydrogen-bond donors (Lipinski definition) is 0. The predicted octanol–water partition coefficient (Wildman–Crippen LogP) is 0.500. The maximum absolute atomic E-state index is 10.9. The Labute approximate surface area is 67.3 Å². The first-order valence-corrected chi connectivity index (χ1v) is 3.89. The summed E-state index contributed by atoms with van der Waals surface area (Å²) in [5.41, 5.74) is 0. The molecule has 0 aliphatic heterocycles. The van der Waals surface area contributed by atoms with E-state index in [1.807, 2.05) is 14.1 Å². The summed E-state index contributed by atoms with van der Waals surface area (Å²) in [7, 11) is 5.53. The highest BCUT2D eigenvalue weighted by atomic mass is 16.5. The van der Waals surface area contributed by atoms with Gasteiger partial charge in [0.05, 0.1) is 13.0 Å². The lowest BCUT2D eigenvalue weighted by molar-refractivity contribution is -0.150. The molecule has 11 heavy (non-hydrogen) atoms. The number of esters is 1. The highest BCUT2D eigenvalue weighted by molar-refractivity contribution is 5.73. The van der Waals surface area contributed by atoms with E-state index < -0.39 is 0 Å². The van der Waals surface area contributed by atoms with Gasteiger partial charge in [0.1, 0.15) is 0 Å². The van der Waals surface area contributed by atoms with Gasteiger partial charge in [0.2, 0.25) is 0 Å². The molecule has 64 valence electrons. The van der Waals surface area contributed by atoms with E-state index in [1.165, 1.54) is 7.11 Å². The largest absolute Gasteiger partial charge is 0.469 e. The van der Waals surface area contributed by atoms with E-state index in [0.717, 1.165) is 12.8 Å². The number of carbonyl (C=O) groups is 1. The van der Waals surface area contributed by atoms with Gasteiger partial charge in [-0.25, -0.2) is 0 Å². The van der Waals surface area contributed by atoms with Gasteiger partial charge in [0, 0.05) is 6.04 Å². The van der Waals surface area contributed by atoms with Crippen LogP contribution < -0.4 is 0 Å². The van der Waals surface area contributed by atoms with Crippen LogP contribution in [-0.2, 0) is 9.53 Å². The van der Waals surface area contributed by atoms with Gasteiger partial charge in [0.25, 0.3) is 0 Å². The Morgan fingerprint density at radius 3 is 2.36 bits per heavy atom. The van der Waals surface area contributed by atoms with E-state index in [2.05, 4.69) is 9.64 Å². The molecule has 1 aliphatic carbocycles. The zero-order valence-electron chi connectivity index (χ0n) is 7.33. The first kappa shape index (κ1) is 8.53. The minimum absolute atomic E-state index is 0.0527. The fraction of sp³-hybridized carbons (Fsp3) is 0.875. The van der Waals surface area contributed by atoms with E-state index in [9.17, 15) is 4.79 Å². The van der Waals surface area contributed by atoms with Crippen molar-refractivity contribution in [2.24, 2.45) is 5.92 Å². The third-order valence-electron chi connectivity index (χ3n) is 2.38. The van der Waals surface area contributed by atoms with Crippen LogP contribution in [0.5, 0.6) is 0 Å². The number of carbonyl (C=O) groups excluding carboxylic acids is 1. The van der Waals surface area contributed by atoms with Gasteiger partial charge < -0.3 is 9.64 Å². The van der Waals surface area contributed by atoms with Crippen molar-refractivity contribution >= 4 is 5.97 Å². The average Bonchev–Trinajstić information content (AvgIpc) is 1.83. The third-order valence-corrected chi connectivity index (χ3v) is 2.38. The van der Waals surface area contributed by atoms with Crippen LogP contribution in [0, 0.1) is 5.92 Å². The van der Waals surface area contributed by atoms with E-state index in [0.29, 0.717) is 6.04 Å². The van der Waals surface area contributed by atoms with Crippen LogP contribution in [0.15, 0.2) is 0 Å². The zero-order valence-corrected chi connectivity index (χ0v) is 7.33. The predicted molar refractivity (Wildman–Crippen MR) is 42.2 cm³/mol. The Bertz CT molecular complexity index is 150. The number of rotatable bonds is 2. The van der Waals surface area contributed by atoms with Gasteiger partial charge in [-0.2, -0.15) is 0 Å². The topological polar surface area (TPSA) is 29.5 Å². The first-order chi connectivity index (χ1) is 5.15. The van der Waals surface area contributed by atoms with Gasteiger partial charge in [0.15, 0.2) is 0 Å². The van der Waals surface area contributed by atoms with Crippen LogP contribution in [0.3, 0.4) is 0 Å². The van der Waals surface area contributed by atoms with Gasteiger partial charge in [-0.15, -0.1) is 0 Å². The minimum Gasteiger partial charge on any atom is -0.469 e. The molecule has 1 rings (SSSR count). The normalized spacial score (nSPS) is 29.8. The van der Waals surface area contributed by atoms with Crippen molar-refractivity contribution in [3.63, 3.8) is 0 Å². The van der Waals surface area contributed by atoms with E-state index >= 15 is 0 Å². The van der Waals surface area contributed by atoms with Crippen LogP contribution in [-0.4, -0.2) is 38.1 Å². The molecule has 0 spiro atoms. The number of ether oxygens (including phenoxy) is 1. The molecule has 0 radical (unpaired) electrons. The average molecular weight is 157 g/mol. The van der Waals surface area contributed by atoms with Crippen LogP contribution in [0.1, 0.15) is 12.8 Å². The van der Waals surface area contributed by atoms with Crippen molar-refractivity contribution in [2.45, 2.75) is 18.9 Å². The smallest absolute Gasteiger partial charge is 0.308 e. The van der Waals surface area contributed by atoms with Crippen molar-refractivity contribution < 1.29 is 9.53 Å². The summed E-state index contributed by atoms with van der Waals surface area (Å²) in [4.78, 5) is 13.1. The van der Waals surface area contributed by atoms with Gasteiger partial charge >= 0.3 is 5.97 Å². The molecule has 3 heteroatoms. The Balaban J connectivity index is 2.24. The van der Waals surface area contributed by atoms with Crippen molar-refractivity contribution in [1.29, 1.82) is 0 Å². The van der Waals surface area contributed by atoms with Crippen LogP contribution in [0.2, 0.25) is 0 Å². The van der Waals surface area contributed by atoms with Crippen molar-refractivity contribution in [3.8, 4) is 0 Å². The lowest BCUT2D eigenvalue weighted by atomic mass is 9.80. The van der Waals surface area contributed by atoms with E-state index in [4.69, 9.17) is 0 Å². The maximum Gasteiger partial charge on any atom is 0.308 e. The molecule has 0 saturated heterocycles. The molecule has 1 aliphatic rings. The summed E-state index contributed by atoms with van der Waals surface area (Å²) in [6.07, 6.45) is 1.92. The van der Waals surface area contributed by atoms with Crippen molar-refractivity contribution in [2.75, 3.05) is 21.2 Å². The van der Waals surface area contributed by atoms with Crippen molar-refractivity contribution in [3.05, 3.63) is 0 Å². The second-order valence-electron chi connectivity index (χ2n) is 3.31. The van der Waals surface area contributed by atoms with Crippen molar-refractivity contribution in [1.82, 2.24) is 4.90 Å². The first-order valence-electron chi connectivity index (χ1n) is 3.89. The summed E-state index contributed by atoms with van der Waals surface area (Å²) < 4.78 is 4.62. The number of nitrogens with zero attached hydrogens (tertiary/aromatic N) is 1. The second kappa shape index (κ2) is 3.22. The fourth-order valence-electron chi connectivity index (χ4n) is 1.37. The summed E-state index contributed by atoms with van der Waals surface area (Å²) in [5.74, 6) is 0.107. The Morgan fingerprint density at radius 1 is 1.45 bits per heavy atom. The molecule has 0 atom stereocenters. The van der Waals surface area contributed by atoms with E-state index in [1.54, 1.807) is 0 Å². The quantitative estimate of drug-likeness (QED) is 0.547. The monoisotopic (exact) mass is 157 g/mol. The molecule has 0 bridgehead atoms. The standard InChI is InChI=1S/C8H15NO2/c1-9(2)7-4-6(5-7)8(10)11-3/h6-7H,4-5H2,1-3H3. The fourth-order valence-corrected chi connectivity index (χ4v) is 1.37. The molecule has 0 N–H and O–H groups in total. The highest BCUT2D eigenvalue weighted by Gasteiger charge is 2.36. The Hall–Kier alpha value is -0.570. The molecule has 0 aromatic carbocycles. The lowest BCUT2D eigenvalue weighted by Gasteiger charge is -2.37. The lowest BCUT2D eigenvalue weighted by Crippen LogP contribution is -2.43. The molecule has 0 amide bonds. The van der Waals surface area contributed by atoms with Crippen LogP contribution in [0.25, 0.3) is 0 Å². The van der Waals surface area contributed by atoms with Crippen LogP contribution >= 0.6 is 0 Å². The molecule has 0 heterocycles. The SMILES string of the molecule is COC(=O)C1CC(N(C)C)C1. The van der Waals surface area contributed by atoms with Gasteiger partial charge in [-0.05, 0) is 26.9 Å². The molecule has 0 aromatic heterocycles. The second-order valence-corrected chi connectivity index (χ2v) is 3.31. The van der Waals surface area contributed by atoms with Crippen LogP contribution in [0.4, 0.5) is 0 Å². The highest BCUT2D eigenvalue weighted by Crippen LogP contribution is 2.30. The molecule has 0 aromatic rings. The summed E-state index contributed by atoms with van der Waals surface area (Å²) >= 11 is 0. The summed E-state index contributed by atoms with van der Waals surface area (Å²) in [6, 6.07) is 0.582. The number of hydrogen-bond acceptors (Lipinski definition) is 3. The molecule has 0 unspecified atom stereocenters. The number of methoxy groups -OCH3 is 1. The van der Waals surface area contributed by atoms with E-state index in [-0.39, 0.29) is 11.9 Å². The molecule has 1 saturated carbocycles. The summed E-state index contributed by atoms with van der Waals surface area (Å²) in [5, 5.41) is 0. The summed E-state index contributed by atoms with van der Waals surface area (Å²) in [6.45, 7) is 0. The zero-order chi connectivity index (χ0) is 8.43. The minimum atomic E-state index is -0.0527. The molecule has 1 fully saturated rings. The molecule has 3 nitrogen and oxygen atoms in total.